The predicted molar refractivity (Wildman–Crippen MR) is 71.0 cm³/mol. The van der Waals surface area contributed by atoms with E-state index in [2.05, 4.69) is 24.1 Å². The molecule has 0 heterocycles. The Bertz CT molecular complexity index is 316. The van der Waals surface area contributed by atoms with Gasteiger partial charge in [-0.05, 0) is 26.5 Å². The van der Waals surface area contributed by atoms with Crippen molar-refractivity contribution in [1.29, 1.82) is 0 Å². The van der Waals surface area contributed by atoms with E-state index in [1.165, 1.54) is 5.56 Å². The molecule has 1 aromatic rings. The topological polar surface area (TPSA) is 41.9 Å². The minimum atomic E-state index is -0.790. The van der Waals surface area contributed by atoms with Gasteiger partial charge in [-0.25, -0.2) is 0 Å². The molecule has 0 aromatic heterocycles. The Balaban J connectivity index is 2.16. The zero-order chi connectivity index (χ0) is 13.4. The second kappa shape index (κ2) is 8.21. The smallest absolute Gasteiger partial charge is 0.157 e. The molecule has 4 nitrogen and oxygen atoms in total. The maximum Gasteiger partial charge on any atom is 0.157 e. The SMILES string of the molecule is CC(O)OC(C)OCCN(C)Cc1ccccc1. The average molecular weight is 253 g/mol. The quantitative estimate of drug-likeness (QED) is 0.718. The van der Waals surface area contributed by atoms with Crippen molar-refractivity contribution in [2.75, 3.05) is 20.2 Å². The molecule has 0 aliphatic rings. The van der Waals surface area contributed by atoms with Crippen molar-refractivity contribution in [2.45, 2.75) is 33.0 Å². The summed E-state index contributed by atoms with van der Waals surface area (Å²) in [6.07, 6.45) is -1.17. The lowest BCUT2D eigenvalue weighted by Crippen LogP contribution is -2.26. The molecular formula is C14H23NO3. The van der Waals surface area contributed by atoms with Gasteiger partial charge in [0.15, 0.2) is 12.6 Å². The van der Waals surface area contributed by atoms with Crippen molar-refractivity contribution < 1.29 is 14.6 Å². The molecule has 102 valence electrons. The Labute approximate surface area is 109 Å². The van der Waals surface area contributed by atoms with E-state index in [0.717, 1.165) is 13.1 Å². The zero-order valence-corrected chi connectivity index (χ0v) is 11.4. The maximum absolute atomic E-state index is 9.01. The average Bonchev–Trinajstić information content (AvgIpc) is 2.29. The van der Waals surface area contributed by atoms with Crippen LogP contribution in [0.15, 0.2) is 30.3 Å². The van der Waals surface area contributed by atoms with Crippen LogP contribution in [0, 0.1) is 0 Å². The van der Waals surface area contributed by atoms with Gasteiger partial charge in [-0.2, -0.15) is 0 Å². The first-order chi connectivity index (χ1) is 8.58. The van der Waals surface area contributed by atoms with Gasteiger partial charge in [0.1, 0.15) is 0 Å². The maximum atomic E-state index is 9.01. The van der Waals surface area contributed by atoms with Crippen molar-refractivity contribution in [2.24, 2.45) is 0 Å². The number of hydrogen-bond acceptors (Lipinski definition) is 4. The van der Waals surface area contributed by atoms with E-state index < -0.39 is 6.29 Å². The van der Waals surface area contributed by atoms with Crippen LogP contribution >= 0.6 is 0 Å². The molecule has 1 rings (SSSR count). The van der Waals surface area contributed by atoms with Gasteiger partial charge in [0.2, 0.25) is 0 Å². The summed E-state index contributed by atoms with van der Waals surface area (Å²) in [6, 6.07) is 10.3. The van der Waals surface area contributed by atoms with Gasteiger partial charge in [-0.15, -0.1) is 0 Å². The Morgan fingerprint density at radius 3 is 2.50 bits per heavy atom. The summed E-state index contributed by atoms with van der Waals surface area (Å²) >= 11 is 0. The van der Waals surface area contributed by atoms with E-state index in [0.29, 0.717) is 6.61 Å². The summed E-state index contributed by atoms with van der Waals surface area (Å²) in [5.74, 6) is 0. The molecule has 18 heavy (non-hydrogen) atoms. The third-order valence-electron chi connectivity index (χ3n) is 2.51. The highest BCUT2D eigenvalue weighted by Crippen LogP contribution is 2.03. The van der Waals surface area contributed by atoms with Gasteiger partial charge in [-0.1, -0.05) is 30.3 Å². The molecule has 2 atom stereocenters. The van der Waals surface area contributed by atoms with Crippen LogP contribution in [0.3, 0.4) is 0 Å². The van der Waals surface area contributed by atoms with Gasteiger partial charge in [-0.3, -0.25) is 4.90 Å². The summed E-state index contributed by atoms with van der Waals surface area (Å²) in [6.45, 7) is 5.65. The molecule has 0 bridgehead atoms. The number of nitrogens with zero attached hydrogens (tertiary/aromatic N) is 1. The second-order valence-corrected chi connectivity index (χ2v) is 4.40. The number of hydrogen-bond donors (Lipinski definition) is 1. The first kappa shape index (κ1) is 15.1. The fourth-order valence-corrected chi connectivity index (χ4v) is 1.67. The standard InChI is InChI=1S/C14H23NO3/c1-12(16)18-13(2)17-10-9-15(3)11-14-7-5-4-6-8-14/h4-8,12-13,16H,9-11H2,1-3H3. The third-order valence-corrected chi connectivity index (χ3v) is 2.51. The van der Waals surface area contributed by atoms with Crippen molar-refractivity contribution >= 4 is 0 Å². The van der Waals surface area contributed by atoms with E-state index in [9.17, 15) is 0 Å². The summed E-state index contributed by atoms with van der Waals surface area (Å²) in [5, 5.41) is 9.01. The lowest BCUT2D eigenvalue weighted by Gasteiger charge is -2.20. The lowest BCUT2D eigenvalue weighted by atomic mass is 10.2. The number of rotatable bonds is 8. The van der Waals surface area contributed by atoms with Crippen LogP contribution in [0.2, 0.25) is 0 Å². The summed E-state index contributed by atoms with van der Waals surface area (Å²) < 4.78 is 10.5. The number of aliphatic hydroxyl groups excluding tert-OH is 1. The van der Waals surface area contributed by atoms with Crippen LogP contribution in [-0.4, -0.2) is 42.8 Å². The first-order valence-electron chi connectivity index (χ1n) is 6.25. The fourth-order valence-electron chi connectivity index (χ4n) is 1.67. The Hall–Kier alpha value is -0.940. The highest BCUT2D eigenvalue weighted by Gasteiger charge is 2.06. The Morgan fingerprint density at radius 1 is 1.22 bits per heavy atom. The molecule has 0 saturated heterocycles. The molecule has 0 saturated carbocycles. The molecule has 4 heteroatoms. The van der Waals surface area contributed by atoms with Crippen LogP contribution < -0.4 is 0 Å². The predicted octanol–water partition coefficient (Wildman–Crippen LogP) is 1.84. The highest BCUT2D eigenvalue weighted by atomic mass is 16.7. The number of aliphatic hydroxyl groups is 1. The summed E-state index contributed by atoms with van der Waals surface area (Å²) in [5.41, 5.74) is 1.29. The monoisotopic (exact) mass is 253 g/mol. The van der Waals surface area contributed by atoms with E-state index in [-0.39, 0.29) is 6.29 Å². The molecule has 1 N–H and O–H groups in total. The number of likely N-dealkylation sites (N-methyl/N-ethyl adjacent to an activating group) is 1. The van der Waals surface area contributed by atoms with Gasteiger partial charge in [0.25, 0.3) is 0 Å². The Morgan fingerprint density at radius 2 is 1.89 bits per heavy atom. The normalized spacial score (nSPS) is 14.7. The summed E-state index contributed by atoms with van der Waals surface area (Å²) in [4.78, 5) is 2.18. The van der Waals surface area contributed by atoms with E-state index >= 15 is 0 Å². The molecule has 0 radical (unpaired) electrons. The van der Waals surface area contributed by atoms with Crippen molar-refractivity contribution in [3.63, 3.8) is 0 Å². The van der Waals surface area contributed by atoms with Crippen LogP contribution in [0.1, 0.15) is 19.4 Å². The van der Waals surface area contributed by atoms with Crippen molar-refractivity contribution in [1.82, 2.24) is 4.90 Å². The van der Waals surface area contributed by atoms with Crippen LogP contribution in [0.25, 0.3) is 0 Å². The van der Waals surface area contributed by atoms with E-state index in [1.54, 1.807) is 13.8 Å². The molecule has 1 aromatic carbocycles. The lowest BCUT2D eigenvalue weighted by molar-refractivity contribution is -0.213. The number of ether oxygens (including phenoxy) is 2. The van der Waals surface area contributed by atoms with Gasteiger partial charge < -0.3 is 14.6 Å². The van der Waals surface area contributed by atoms with Gasteiger partial charge in [0.05, 0.1) is 6.61 Å². The van der Waals surface area contributed by atoms with Gasteiger partial charge in [0, 0.05) is 13.1 Å². The van der Waals surface area contributed by atoms with E-state index in [1.807, 2.05) is 18.2 Å². The second-order valence-electron chi connectivity index (χ2n) is 4.40. The largest absolute Gasteiger partial charge is 0.368 e. The van der Waals surface area contributed by atoms with Gasteiger partial charge >= 0.3 is 0 Å². The molecule has 0 spiro atoms. The summed E-state index contributed by atoms with van der Waals surface area (Å²) in [7, 11) is 2.05. The molecular weight excluding hydrogens is 230 g/mol. The van der Waals surface area contributed by atoms with Crippen molar-refractivity contribution in [3.05, 3.63) is 35.9 Å². The number of benzene rings is 1. The van der Waals surface area contributed by atoms with E-state index in [4.69, 9.17) is 14.6 Å². The molecule has 0 aliphatic carbocycles. The van der Waals surface area contributed by atoms with Crippen LogP contribution in [0.4, 0.5) is 0 Å². The molecule has 0 fully saturated rings. The minimum absolute atomic E-state index is 0.380. The third kappa shape index (κ3) is 6.71. The van der Waals surface area contributed by atoms with Crippen molar-refractivity contribution in [3.8, 4) is 0 Å². The fraction of sp³-hybridized carbons (Fsp3) is 0.571. The van der Waals surface area contributed by atoms with Crippen LogP contribution in [-0.2, 0) is 16.0 Å². The highest BCUT2D eigenvalue weighted by molar-refractivity contribution is 5.14. The first-order valence-corrected chi connectivity index (χ1v) is 6.25. The van der Waals surface area contributed by atoms with Crippen LogP contribution in [0.5, 0.6) is 0 Å². The molecule has 2 unspecified atom stereocenters. The Kier molecular flexibility index (Phi) is 6.90. The molecule has 0 amide bonds. The molecule has 0 aliphatic heterocycles. The zero-order valence-electron chi connectivity index (χ0n) is 11.4. The minimum Gasteiger partial charge on any atom is -0.368 e.